The summed E-state index contributed by atoms with van der Waals surface area (Å²) < 4.78 is 31.5. The Kier molecular flexibility index (Phi) is 11.5. The minimum atomic E-state index is -3.29. The molecule has 0 saturated carbocycles. The molecule has 2 unspecified atom stereocenters. The van der Waals surface area contributed by atoms with Crippen LogP contribution in [0.4, 0.5) is 0 Å². The predicted molar refractivity (Wildman–Crippen MR) is 136 cm³/mol. The van der Waals surface area contributed by atoms with Gasteiger partial charge in [-0.25, -0.2) is 13.1 Å². The first-order valence-electron chi connectivity index (χ1n) is 10.00. The molecule has 174 valence electrons. The van der Waals surface area contributed by atoms with Crippen LogP contribution < -0.4 is 15.4 Å². The molecule has 2 rings (SSSR count). The number of morpholine rings is 1. The number of sulfonamides is 1. The molecule has 0 spiro atoms. The first kappa shape index (κ1) is 27.6. The zero-order valence-electron chi connectivity index (χ0n) is 18.5. The highest BCUT2D eigenvalue weighted by atomic mass is 127. The van der Waals surface area contributed by atoms with Gasteiger partial charge in [0.2, 0.25) is 10.0 Å². The molecular weight excluding hydrogens is 537 g/mol. The van der Waals surface area contributed by atoms with Crippen molar-refractivity contribution < 1.29 is 13.2 Å². The molecule has 0 bridgehead atoms. The Morgan fingerprint density at radius 3 is 2.73 bits per heavy atom. The third-order valence-electron chi connectivity index (χ3n) is 4.49. The highest BCUT2D eigenvalue weighted by Gasteiger charge is 2.27. The Morgan fingerprint density at radius 1 is 1.43 bits per heavy atom. The van der Waals surface area contributed by atoms with Crippen molar-refractivity contribution in [1.29, 1.82) is 0 Å². The van der Waals surface area contributed by atoms with E-state index in [4.69, 9.17) is 4.74 Å². The summed E-state index contributed by atoms with van der Waals surface area (Å²) in [6.45, 7) is 12.1. The second kappa shape index (κ2) is 12.5. The Hall–Kier alpha value is -0.470. The summed E-state index contributed by atoms with van der Waals surface area (Å²) in [6.07, 6.45) is 1.38. The number of halogens is 1. The Labute approximate surface area is 202 Å². The quantitative estimate of drug-likeness (QED) is 0.238. The number of nitrogens with one attached hydrogen (secondary N) is 3. The van der Waals surface area contributed by atoms with Crippen LogP contribution in [-0.2, 0) is 14.8 Å². The minimum absolute atomic E-state index is 0. The lowest BCUT2D eigenvalue weighted by Gasteiger charge is -2.37. The molecule has 1 aromatic rings. The third kappa shape index (κ3) is 9.77. The van der Waals surface area contributed by atoms with E-state index in [1.165, 1.54) is 4.88 Å². The topological polar surface area (TPSA) is 95.1 Å². The molecule has 2 atom stereocenters. The van der Waals surface area contributed by atoms with Gasteiger partial charge in [-0.15, -0.1) is 35.3 Å². The van der Waals surface area contributed by atoms with Crippen molar-refractivity contribution in [2.24, 2.45) is 4.99 Å². The molecule has 0 aliphatic carbocycles. The van der Waals surface area contributed by atoms with E-state index < -0.39 is 15.6 Å². The molecule has 1 saturated heterocycles. The fourth-order valence-corrected chi connectivity index (χ4v) is 5.29. The third-order valence-corrected chi connectivity index (χ3v) is 6.38. The van der Waals surface area contributed by atoms with Gasteiger partial charge in [-0.05, 0) is 39.1 Å². The first-order valence-corrected chi connectivity index (χ1v) is 12.8. The standard InChI is InChI=1S/C19H35N5O3S2.HI/c1-6-20-18(22-14-19(3,4)23-29(5,25)26)21-12-16(17-8-7-11-28-17)24-9-10-27-15(2)13-24;/h7-8,11,15-16,23H,6,9-10,12-14H2,1-5H3,(H2,20,21,22);1H. The summed E-state index contributed by atoms with van der Waals surface area (Å²) in [4.78, 5) is 8.37. The summed E-state index contributed by atoms with van der Waals surface area (Å²) in [5, 5.41) is 8.80. The van der Waals surface area contributed by atoms with Gasteiger partial charge >= 0.3 is 0 Å². The SMILES string of the molecule is CCNC(=NCC(C)(C)NS(C)(=O)=O)NCC(c1cccs1)N1CCOC(C)C1.I. The van der Waals surface area contributed by atoms with Crippen LogP contribution >= 0.6 is 35.3 Å². The van der Waals surface area contributed by atoms with Crippen molar-refractivity contribution in [3.8, 4) is 0 Å². The maximum atomic E-state index is 11.6. The van der Waals surface area contributed by atoms with Crippen molar-refractivity contribution in [1.82, 2.24) is 20.3 Å². The maximum absolute atomic E-state index is 11.6. The Balaban J connectivity index is 0.00000450. The summed E-state index contributed by atoms with van der Waals surface area (Å²) in [6, 6.07) is 4.47. The van der Waals surface area contributed by atoms with E-state index in [-0.39, 0.29) is 36.1 Å². The number of ether oxygens (including phenoxy) is 1. The average Bonchev–Trinajstić information content (AvgIpc) is 3.12. The Bertz CT molecular complexity index is 756. The molecule has 1 aliphatic heterocycles. The zero-order chi connectivity index (χ0) is 21.5. The van der Waals surface area contributed by atoms with Gasteiger partial charge in [-0.3, -0.25) is 9.89 Å². The number of hydrogen-bond donors (Lipinski definition) is 3. The lowest BCUT2D eigenvalue weighted by Crippen LogP contribution is -2.49. The van der Waals surface area contributed by atoms with Gasteiger partial charge in [0.15, 0.2) is 5.96 Å². The van der Waals surface area contributed by atoms with Gasteiger partial charge < -0.3 is 15.4 Å². The van der Waals surface area contributed by atoms with Crippen LogP contribution in [0.25, 0.3) is 0 Å². The number of hydrogen-bond acceptors (Lipinski definition) is 6. The van der Waals surface area contributed by atoms with E-state index in [0.717, 1.165) is 32.5 Å². The highest BCUT2D eigenvalue weighted by molar-refractivity contribution is 14.0. The average molecular weight is 574 g/mol. The molecule has 0 amide bonds. The van der Waals surface area contributed by atoms with Crippen LogP contribution in [0.5, 0.6) is 0 Å². The van der Waals surface area contributed by atoms with E-state index in [2.05, 4.69) is 49.7 Å². The second-order valence-corrected chi connectivity index (χ2v) is 10.8. The number of aliphatic imine (C=N–C) groups is 1. The van der Waals surface area contributed by atoms with E-state index >= 15 is 0 Å². The van der Waals surface area contributed by atoms with Crippen molar-refractivity contribution in [3.05, 3.63) is 22.4 Å². The molecule has 0 aromatic carbocycles. The van der Waals surface area contributed by atoms with Crippen molar-refractivity contribution in [2.75, 3.05) is 45.6 Å². The van der Waals surface area contributed by atoms with Crippen molar-refractivity contribution in [3.63, 3.8) is 0 Å². The van der Waals surface area contributed by atoms with Crippen LogP contribution in [-0.4, -0.2) is 76.5 Å². The van der Waals surface area contributed by atoms with Crippen LogP contribution in [0.2, 0.25) is 0 Å². The number of guanidine groups is 1. The molecule has 11 heteroatoms. The van der Waals surface area contributed by atoms with Crippen LogP contribution in [0, 0.1) is 0 Å². The largest absolute Gasteiger partial charge is 0.376 e. The lowest BCUT2D eigenvalue weighted by atomic mass is 10.1. The molecule has 1 aromatic heterocycles. The van der Waals surface area contributed by atoms with E-state index in [9.17, 15) is 8.42 Å². The van der Waals surface area contributed by atoms with Crippen molar-refractivity contribution >= 4 is 51.3 Å². The van der Waals surface area contributed by atoms with Crippen molar-refractivity contribution in [2.45, 2.75) is 45.4 Å². The molecule has 8 nitrogen and oxygen atoms in total. The zero-order valence-corrected chi connectivity index (χ0v) is 22.4. The van der Waals surface area contributed by atoms with Gasteiger partial charge in [-0.1, -0.05) is 6.07 Å². The van der Waals surface area contributed by atoms with Gasteiger partial charge in [0.25, 0.3) is 0 Å². The molecular formula is C19H36IN5O3S2. The fraction of sp³-hybridized carbons (Fsp3) is 0.737. The van der Waals surface area contributed by atoms with Crippen LogP contribution in [0.1, 0.15) is 38.6 Å². The van der Waals surface area contributed by atoms with Crippen LogP contribution in [0.15, 0.2) is 22.5 Å². The molecule has 30 heavy (non-hydrogen) atoms. The van der Waals surface area contributed by atoms with E-state index in [0.29, 0.717) is 19.0 Å². The normalized spacial score (nSPS) is 19.8. The second-order valence-electron chi connectivity index (χ2n) is 8.04. The van der Waals surface area contributed by atoms with Gasteiger partial charge in [0.1, 0.15) is 0 Å². The first-order chi connectivity index (χ1) is 13.6. The van der Waals surface area contributed by atoms with E-state index in [1.54, 1.807) is 11.3 Å². The van der Waals surface area contributed by atoms with Crippen LogP contribution in [0.3, 0.4) is 0 Å². The number of nitrogens with zero attached hydrogens (tertiary/aromatic N) is 2. The Morgan fingerprint density at radius 2 is 2.17 bits per heavy atom. The monoisotopic (exact) mass is 573 g/mol. The molecule has 0 radical (unpaired) electrons. The number of thiophene rings is 1. The molecule has 1 fully saturated rings. The summed E-state index contributed by atoms with van der Waals surface area (Å²) >= 11 is 1.76. The highest BCUT2D eigenvalue weighted by Crippen LogP contribution is 2.26. The number of rotatable bonds is 9. The van der Waals surface area contributed by atoms with Gasteiger partial charge in [0, 0.05) is 36.6 Å². The molecule has 2 heterocycles. The molecule has 3 N–H and O–H groups in total. The van der Waals surface area contributed by atoms with E-state index in [1.807, 2.05) is 20.8 Å². The van der Waals surface area contributed by atoms with Gasteiger partial charge in [-0.2, -0.15) is 0 Å². The lowest BCUT2D eigenvalue weighted by molar-refractivity contribution is -0.0334. The predicted octanol–water partition coefficient (Wildman–Crippen LogP) is 2.01. The smallest absolute Gasteiger partial charge is 0.209 e. The fourth-order valence-electron chi connectivity index (χ4n) is 3.36. The summed E-state index contributed by atoms with van der Waals surface area (Å²) in [5.41, 5.74) is -0.664. The molecule has 1 aliphatic rings. The maximum Gasteiger partial charge on any atom is 0.209 e. The minimum Gasteiger partial charge on any atom is -0.376 e. The van der Waals surface area contributed by atoms with Gasteiger partial charge in [0.05, 0.1) is 31.6 Å². The summed E-state index contributed by atoms with van der Waals surface area (Å²) in [5.74, 6) is 0.679. The summed E-state index contributed by atoms with van der Waals surface area (Å²) in [7, 11) is -3.29.